The number of rotatable bonds is 1. The molecule has 0 spiro atoms. The Morgan fingerprint density at radius 3 is 2.67 bits per heavy atom. The number of fused-ring (bicyclic) bond motifs is 1. The van der Waals surface area contributed by atoms with Crippen molar-refractivity contribution in [2.24, 2.45) is 0 Å². The number of hydrogen-bond acceptors (Lipinski definition) is 1. The molecule has 1 aliphatic carbocycles. The van der Waals surface area contributed by atoms with Crippen LogP contribution in [0.25, 0.3) is 0 Å². The van der Waals surface area contributed by atoms with E-state index in [1.54, 1.807) is 6.07 Å². The Balaban J connectivity index is 2.00. The summed E-state index contributed by atoms with van der Waals surface area (Å²) < 4.78 is 13.9. The van der Waals surface area contributed by atoms with E-state index in [1.165, 1.54) is 24.0 Å². The molecule has 1 N–H and O–H groups in total. The van der Waals surface area contributed by atoms with Gasteiger partial charge in [-0.25, -0.2) is 4.39 Å². The molecule has 0 bridgehead atoms. The van der Waals surface area contributed by atoms with E-state index in [-0.39, 0.29) is 11.9 Å². The van der Waals surface area contributed by atoms with Gasteiger partial charge < -0.3 is 5.32 Å². The molecule has 2 heteroatoms. The Kier molecular flexibility index (Phi) is 2.24. The van der Waals surface area contributed by atoms with E-state index >= 15 is 0 Å². The minimum Gasteiger partial charge on any atom is -0.310 e. The van der Waals surface area contributed by atoms with Crippen molar-refractivity contribution in [2.75, 3.05) is 6.54 Å². The van der Waals surface area contributed by atoms with Crippen LogP contribution in [0.2, 0.25) is 0 Å². The summed E-state index contributed by atoms with van der Waals surface area (Å²) in [4.78, 5) is 0. The van der Waals surface area contributed by atoms with Gasteiger partial charge in [0.2, 0.25) is 0 Å². The molecule has 2 aliphatic rings. The number of aryl methyl sites for hydroxylation is 2. The molecule has 1 aliphatic heterocycles. The van der Waals surface area contributed by atoms with E-state index < -0.39 is 0 Å². The standard InChI is InChI=1S/C13H16FN/c14-12-8-10-4-1-3-9(10)7-11(12)13-5-2-6-15-13/h7-8,13,15H,1-6H2. The van der Waals surface area contributed by atoms with E-state index in [2.05, 4.69) is 11.4 Å². The molecule has 0 amide bonds. The highest BCUT2D eigenvalue weighted by Gasteiger charge is 2.22. The molecule has 80 valence electrons. The highest BCUT2D eigenvalue weighted by atomic mass is 19.1. The second-order valence-electron chi connectivity index (χ2n) is 4.64. The van der Waals surface area contributed by atoms with Crippen molar-refractivity contribution in [1.82, 2.24) is 5.32 Å². The van der Waals surface area contributed by atoms with Crippen molar-refractivity contribution < 1.29 is 4.39 Å². The van der Waals surface area contributed by atoms with Crippen molar-refractivity contribution in [2.45, 2.75) is 38.1 Å². The predicted molar refractivity (Wildman–Crippen MR) is 58.4 cm³/mol. The maximum Gasteiger partial charge on any atom is 0.128 e. The van der Waals surface area contributed by atoms with E-state index in [0.717, 1.165) is 31.4 Å². The fourth-order valence-corrected chi connectivity index (χ4v) is 2.83. The SMILES string of the molecule is Fc1cc2c(cc1C1CCCN1)CCC2. The Morgan fingerprint density at radius 2 is 1.93 bits per heavy atom. The Bertz CT molecular complexity index is 380. The lowest BCUT2D eigenvalue weighted by atomic mass is 9.99. The first kappa shape index (κ1) is 9.34. The van der Waals surface area contributed by atoms with E-state index in [1.807, 2.05) is 0 Å². The molecule has 1 unspecified atom stereocenters. The lowest BCUT2D eigenvalue weighted by Crippen LogP contribution is -2.14. The number of halogens is 1. The fourth-order valence-electron chi connectivity index (χ4n) is 2.83. The summed E-state index contributed by atoms with van der Waals surface area (Å²) in [6.45, 7) is 1.03. The van der Waals surface area contributed by atoms with Crippen LogP contribution in [0.15, 0.2) is 12.1 Å². The first-order chi connectivity index (χ1) is 7.34. The summed E-state index contributed by atoms with van der Waals surface area (Å²) in [5.74, 6) is -0.00458. The topological polar surface area (TPSA) is 12.0 Å². The van der Waals surface area contributed by atoms with Crippen LogP contribution in [-0.4, -0.2) is 6.54 Å². The van der Waals surface area contributed by atoms with Crippen LogP contribution >= 0.6 is 0 Å². The van der Waals surface area contributed by atoms with Crippen molar-refractivity contribution in [3.05, 3.63) is 34.6 Å². The highest BCUT2D eigenvalue weighted by Crippen LogP contribution is 2.31. The van der Waals surface area contributed by atoms with Gasteiger partial charge in [0.05, 0.1) is 0 Å². The zero-order valence-electron chi connectivity index (χ0n) is 8.85. The van der Waals surface area contributed by atoms with Crippen molar-refractivity contribution in [3.63, 3.8) is 0 Å². The number of nitrogens with one attached hydrogen (secondary N) is 1. The van der Waals surface area contributed by atoms with Crippen LogP contribution in [0.1, 0.15) is 42.0 Å². The predicted octanol–water partition coefficient (Wildman–Crippen LogP) is 2.74. The monoisotopic (exact) mass is 205 g/mol. The fraction of sp³-hybridized carbons (Fsp3) is 0.538. The largest absolute Gasteiger partial charge is 0.310 e. The minimum absolute atomic E-state index is 0.00458. The highest BCUT2D eigenvalue weighted by molar-refractivity contribution is 5.37. The molecular formula is C13H16FN. The van der Waals surface area contributed by atoms with E-state index in [4.69, 9.17) is 0 Å². The van der Waals surface area contributed by atoms with Crippen LogP contribution in [0, 0.1) is 5.82 Å². The molecule has 0 saturated carbocycles. The number of benzene rings is 1. The molecule has 3 rings (SSSR count). The van der Waals surface area contributed by atoms with Crippen molar-refractivity contribution in [3.8, 4) is 0 Å². The molecule has 15 heavy (non-hydrogen) atoms. The summed E-state index contributed by atoms with van der Waals surface area (Å²) in [6.07, 6.45) is 5.63. The van der Waals surface area contributed by atoms with Gasteiger partial charge in [-0.05, 0) is 55.8 Å². The summed E-state index contributed by atoms with van der Waals surface area (Å²) in [6, 6.07) is 4.12. The zero-order valence-corrected chi connectivity index (χ0v) is 8.85. The zero-order chi connectivity index (χ0) is 10.3. The van der Waals surface area contributed by atoms with Gasteiger partial charge in [-0.2, -0.15) is 0 Å². The molecule has 1 aromatic rings. The maximum atomic E-state index is 13.9. The lowest BCUT2D eigenvalue weighted by Gasteiger charge is -2.13. The maximum absolute atomic E-state index is 13.9. The summed E-state index contributed by atoms with van der Waals surface area (Å²) in [5, 5.41) is 3.36. The lowest BCUT2D eigenvalue weighted by molar-refractivity contribution is 0.557. The Morgan fingerprint density at radius 1 is 1.13 bits per heavy atom. The second kappa shape index (κ2) is 3.60. The molecule has 0 radical (unpaired) electrons. The molecule has 1 atom stereocenters. The molecular weight excluding hydrogens is 189 g/mol. The summed E-state index contributed by atoms with van der Waals surface area (Å²) in [5.41, 5.74) is 3.50. The molecule has 1 nitrogen and oxygen atoms in total. The van der Waals surface area contributed by atoms with Crippen molar-refractivity contribution >= 4 is 0 Å². The van der Waals surface area contributed by atoms with E-state index in [9.17, 15) is 4.39 Å². The van der Waals surface area contributed by atoms with Gasteiger partial charge >= 0.3 is 0 Å². The van der Waals surface area contributed by atoms with Crippen LogP contribution in [0.4, 0.5) is 4.39 Å². The summed E-state index contributed by atoms with van der Waals surface area (Å²) in [7, 11) is 0. The van der Waals surface area contributed by atoms with Gasteiger partial charge in [0, 0.05) is 11.6 Å². The first-order valence-corrected chi connectivity index (χ1v) is 5.89. The third kappa shape index (κ3) is 1.57. The second-order valence-corrected chi connectivity index (χ2v) is 4.64. The van der Waals surface area contributed by atoms with Gasteiger partial charge in [-0.1, -0.05) is 6.07 Å². The molecule has 1 aromatic carbocycles. The van der Waals surface area contributed by atoms with Crippen molar-refractivity contribution in [1.29, 1.82) is 0 Å². The number of hydrogen-bond donors (Lipinski definition) is 1. The molecule has 1 fully saturated rings. The first-order valence-electron chi connectivity index (χ1n) is 5.89. The van der Waals surface area contributed by atoms with E-state index in [0.29, 0.717) is 0 Å². The molecule has 0 aromatic heterocycles. The van der Waals surface area contributed by atoms with Crippen LogP contribution in [0.3, 0.4) is 0 Å². The average Bonchev–Trinajstić information content (AvgIpc) is 2.85. The van der Waals surface area contributed by atoms with Gasteiger partial charge in [0.1, 0.15) is 5.82 Å². The van der Waals surface area contributed by atoms with Gasteiger partial charge in [-0.15, -0.1) is 0 Å². The smallest absolute Gasteiger partial charge is 0.128 e. The third-order valence-corrected chi connectivity index (χ3v) is 3.65. The quantitative estimate of drug-likeness (QED) is 0.743. The molecule has 1 saturated heterocycles. The average molecular weight is 205 g/mol. The van der Waals surface area contributed by atoms with Crippen LogP contribution < -0.4 is 5.32 Å². The summed E-state index contributed by atoms with van der Waals surface area (Å²) >= 11 is 0. The normalized spacial score (nSPS) is 24.5. The third-order valence-electron chi connectivity index (χ3n) is 3.65. The minimum atomic E-state index is -0.00458. The van der Waals surface area contributed by atoms with Gasteiger partial charge in [0.25, 0.3) is 0 Å². The Labute approximate surface area is 89.7 Å². The van der Waals surface area contributed by atoms with Crippen LogP contribution in [0.5, 0.6) is 0 Å². The van der Waals surface area contributed by atoms with Gasteiger partial charge in [0.15, 0.2) is 0 Å². The Hall–Kier alpha value is -0.890. The van der Waals surface area contributed by atoms with Crippen LogP contribution in [-0.2, 0) is 12.8 Å². The molecule has 1 heterocycles. The van der Waals surface area contributed by atoms with Gasteiger partial charge in [-0.3, -0.25) is 0 Å².